The van der Waals surface area contributed by atoms with Gasteiger partial charge in [-0.15, -0.1) is 0 Å². The van der Waals surface area contributed by atoms with Crippen molar-refractivity contribution in [3.05, 3.63) is 59.2 Å². The summed E-state index contributed by atoms with van der Waals surface area (Å²) >= 11 is 0. The lowest BCUT2D eigenvalue weighted by molar-refractivity contribution is -0.122. The molecule has 32 heavy (non-hydrogen) atoms. The Morgan fingerprint density at radius 3 is 2.81 bits per heavy atom. The van der Waals surface area contributed by atoms with Gasteiger partial charge in [0.2, 0.25) is 0 Å². The van der Waals surface area contributed by atoms with E-state index in [9.17, 15) is 4.79 Å². The van der Waals surface area contributed by atoms with Crippen molar-refractivity contribution in [2.75, 3.05) is 13.1 Å². The number of ether oxygens (including phenoxy) is 3. The normalized spacial score (nSPS) is 37.8. The van der Waals surface area contributed by atoms with Crippen molar-refractivity contribution in [3.8, 4) is 11.5 Å². The number of benzene rings is 2. The monoisotopic (exact) mass is 429 g/mol. The number of esters is 1. The summed E-state index contributed by atoms with van der Waals surface area (Å²) in [5.74, 6) is 1.92. The van der Waals surface area contributed by atoms with Crippen LogP contribution in [0.15, 0.2) is 42.5 Å². The number of fused-ring (bicyclic) bond motifs is 2. The van der Waals surface area contributed by atoms with E-state index in [0.717, 1.165) is 43.9 Å². The van der Waals surface area contributed by atoms with Gasteiger partial charge in [0, 0.05) is 18.2 Å². The van der Waals surface area contributed by atoms with E-state index in [1.165, 1.54) is 30.5 Å². The Hall–Kier alpha value is -2.37. The summed E-state index contributed by atoms with van der Waals surface area (Å²) in [6, 6.07) is 13.8. The van der Waals surface area contributed by atoms with Gasteiger partial charge in [0.1, 0.15) is 6.10 Å². The molecular weight excluding hydrogens is 402 g/mol. The lowest BCUT2D eigenvalue weighted by atomic mass is 9.51. The Kier molecular flexibility index (Phi) is 3.36. The maximum atomic E-state index is 12.8. The molecule has 1 saturated carbocycles. The van der Waals surface area contributed by atoms with Crippen LogP contribution < -0.4 is 9.47 Å². The van der Waals surface area contributed by atoms with Gasteiger partial charge in [-0.1, -0.05) is 24.3 Å². The average molecular weight is 430 g/mol. The summed E-state index contributed by atoms with van der Waals surface area (Å²) in [6.07, 6.45) is 7.24. The topological polar surface area (TPSA) is 48.0 Å². The zero-order valence-electron chi connectivity index (χ0n) is 18.1. The van der Waals surface area contributed by atoms with E-state index < -0.39 is 0 Å². The number of carbonyl (C=O) groups excluding carboxylic acids is 1. The van der Waals surface area contributed by atoms with Gasteiger partial charge in [0.15, 0.2) is 11.5 Å². The lowest BCUT2D eigenvalue weighted by Gasteiger charge is -2.59. The van der Waals surface area contributed by atoms with Crippen molar-refractivity contribution in [1.29, 1.82) is 0 Å². The fourth-order valence-electron chi connectivity index (χ4n) is 7.84. The van der Waals surface area contributed by atoms with Crippen molar-refractivity contribution < 1.29 is 19.0 Å². The number of hydrogen-bond acceptors (Lipinski definition) is 5. The Labute approximate surface area is 187 Å². The summed E-state index contributed by atoms with van der Waals surface area (Å²) in [5, 5.41) is 0. The molecule has 4 heterocycles. The van der Waals surface area contributed by atoms with Gasteiger partial charge in [-0.2, -0.15) is 0 Å². The minimum atomic E-state index is -0.332. The lowest BCUT2D eigenvalue weighted by Crippen LogP contribution is -2.71. The van der Waals surface area contributed by atoms with Crippen LogP contribution >= 0.6 is 0 Å². The Morgan fingerprint density at radius 1 is 1.09 bits per heavy atom. The predicted molar refractivity (Wildman–Crippen MR) is 117 cm³/mol. The summed E-state index contributed by atoms with van der Waals surface area (Å²) < 4.78 is 19.5. The van der Waals surface area contributed by atoms with Crippen molar-refractivity contribution in [1.82, 2.24) is 4.90 Å². The zero-order chi connectivity index (χ0) is 21.1. The number of nitrogens with zero attached hydrogens (tertiary/aromatic N) is 1. The molecule has 8 rings (SSSR count). The second kappa shape index (κ2) is 5.95. The van der Waals surface area contributed by atoms with E-state index in [4.69, 9.17) is 14.2 Å². The average Bonchev–Trinajstić information content (AvgIpc) is 3.30. The van der Waals surface area contributed by atoms with Crippen LogP contribution in [-0.2, 0) is 16.6 Å². The maximum absolute atomic E-state index is 12.8. The molecule has 4 fully saturated rings. The Balaban J connectivity index is 1.24. The molecule has 0 radical (unpaired) electrons. The largest absolute Gasteiger partial charge is 0.482 e. The summed E-state index contributed by atoms with van der Waals surface area (Å²) in [4.78, 5) is 15.6. The quantitative estimate of drug-likeness (QED) is 0.545. The smallest absolute Gasteiger partial charge is 0.343 e. The fourth-order valence-corrected chi connectivity index (χ4v) is 7.84. The van der Waals surface area contributed by atoms with Crippen molar-refractivity contribution in [2.24, 2.45) is 5.92 Å². The van der Waals surface area contributed by atoms with Crippen LogP contribution in [0.1, 0.15) is 53.6 Å². The minimum Gasteiger partial charge on any atom is -0.482 e. The van der Waals surface area contributed by atoms with Crippen molar-refractivity contribution in [2.45, 2.75) is 67.8 Å². The highest BCUT2D eigenvalue weighted by atomic mass is 16.6. The molecular formula is C27H27NO4. The molecule has 2 aliphatic carbocycles. The molecule has 0 unspecified atom stereocenters. The summed E-state index contributed by atoms with van der Waals surface area (Å²) in [5.41, 5.74) is 3.00. The molecule has 4 aliphatic heterocycles. The first-order chi connectivity index (χ1) is 15.7. The number of piperidine rings is 1. The second-order valence-corrected chi connectivity index (χ2v) is 10.7. The van der Waals surface area contributed by atoms with Gasteiger partial charge in [0.25, 0.3) is 0 Å². The third-order valence-corrected chi connectivity index (χ3v) is 9.23. The third kappa shape index (κ3) is 2.06. The maximum Gasteiger partial charge on any atom is 0.343 e. The van der Waals surface area contributed by atoms with Gasteiger partial charge in [-0.25, -0.2) is 4.79 Å². The first-order valence-corrected chi connectivity index (χ1v) is 12.2. The molecule has 5 nitrogen and oxygen atoms in total. The van der Waals surface area contributed by atoms with Gasteiger partial charge >= 0.3 is 5.97 Å². The number of hydrogen-bond donors (Lipinski definition) is 0. The van der Waals surface area contributed by atoms with Crippen LogP contribution in [0.5, 0.6) is 11.5 Å². The van der Waals surface area contributed by atoms with E-state index in [0.29, 0.717) is 17.4 Å². The van der Waals surface area contributed by atoms with Crippen LogP contribution in [0, 0.1) is 5.92 Å². The molecule has 2 aromatic carbocycles. The first-order valence-electron chi connectivity index (χ1n) is 12.2. The van der Waals surface area contributed by atoms with Gasteiger partial charge in [-0.3, -0.25) is 4.90 Å². The molecule has 2 spiro atoms. The first kappa shape index (κ1) is 18.1. The molecule has 5 atom stereocenters. The molecule has 3 saturated heterocycles. The number of rotatable bonds is 4. The number of likely N-dealkylation sites (tertiary alicyclic amines) is 1. The molecule has 164 valence electrons. The second-order valence-electron chi connectivity index (χ2n) is 10.7. The van der Waals surface area contributed by atoms with Gasteiger partial charge < -0.3 is 14.2 Å². The molecule has 0 amide bonds. The standard InChI is InChI=1S/C27H27NO4/c29-25(17-4-2-1-3-5-17)30-19-9-8-18-14-21-27-11-10-20(32-27)24-26(27,22(18)23(19)31-24)12-13-28(21)15-16-6-7-16/h1-5,8-9,16,20-21,24H,6-7,10-15H2/t20-,21-,24+,26+,27+/m1/s1. The van der Waals surface area contributed by atoms with Crippen molar-refractivity contribution >= 4 is 5.97 Å². The summed E-state index contributed by atoms with van der Waals surface area (Å²) in [6.45, 7) is 2.34. The highest BCUT2D eigenvalue weighted by Crippen LogP contribution is 2.71. The van der Waals surface area contributed by atoms with E-state index in [2.05, 4.69) is 11.0 Å². The predicted octanol–water partition coefficient (Wildman–Crippen LogP) is 3.88. The SMILES string of the molecule is O=C(Oc1ccc2c3c1O[C@H]1[C@H]4CC[C@]5(O4)[C@@H](C2)N(CC2CC2)CC[C@]315)c1ccccc1. The van der Waals surface area contributed by atoms with E-state index in [-0.39, 0.29) is 29.2 Å². The Morgan fingerprint density at radius 2 is 1.97 bits per heavy atom. The van der Waals surface area contributed by atoms with Crippen LogP contribution in [0.3, 0.4) is 0 Å². The minimum absolute atomic E-state index is 0.0486. The van der Waals surface area contributed by atoms with Crippen LogP contribution in [-0.4, -0.2) is 47.8 Å². The van der Waals surface area contributed by atoms with Crippen LogP contribution in [0.2, 0.25) is 0 Å². The Bertz CT molecular complexity index is 1140. The van der Waals surface area contributed by atoms with E-state index >= 15 is 0 Å². The zero-order valence-corrected chi connectivity index (χ0v) is 18.1. The van der Waals surface area contributed by atoms with Gasteiger partial charge in [0.05, 0.1) is 22.7 Å². The molecule has 6 aliphatic rings. The molecule has 0 N–H and O–H groups in total. The van der Waals surface area contributed by atoms with Crippen molar-refractivity contribution in [3.63, 3.8) is 0 Å². The van der Waals surface area contributed by atoms with Crippen LogP contribution in [0.4, 0.5) is 0 Å². The highest BCUT2D eigenvalue weighted by molar-refractivity contribution is 5.91. The third-order valence-electron chi connectivity index (χ3n) is 9.23. The number of carbonyl (C=O) groups is 1. The molecule has 0 aromatic heterocycles. The van der Waals surface area contributed by atoms with Crippen LogP contribution in [0.25, 0.3) is 0 Å². The van der Waals surface area contributed by atoms with E-state index in [1.807, 2.05) is 24.3 Å². The highest BCUT2D eigenvalue weighted by Gasteiger charge is 2.79. The fraction of sp³-hybridized carbons (Fsp3) is 0.519. The molecule has 5 heteroatoms. The van der Waals surface area contributed by atoms with Gasteiger partial charge in [-0.05, 0) is 74.8 Å². The molecule has 4 bridgehead atoms. The molecule has 2 aromatic rings. The summed E-state index contributed by atoms with van der Waals surface area (Å²) in [7, 11) is 0. The van der Waals surface area contributed by atoms with E-state index in [1.54, 1.807) is 12.1 Å².